The van der Waals surface area contributed by atoms with Crippen LogP contribution in [0.2, 0.25) is 8.67 Å². The topological polar surface area (TPSA) is 78.5 Å². The number of nitrogens with zero attached hydrogens (tertiary/aromatic N) is 1. The van der Waals surface area contributed by atoms with Crippen LogP contribution in [0.15, 0.2) is 6.07 Å². The number of rotatable bonds is 1. The lowest BCUT2D eigenvalue weighted by Crippen LogP contribution is -2.59. The molecule has 0 aliphatic carbocycles. The molecule has 1 atom stereocenters. The van der Waals surface area contributed by atoms with Gasteiger partial charge >= 0.3 is 6.03 Å². The van der Waals surface area contributed by atoms with E-state index in [1.165, 1.54) is 11.0 Å². The summed E-state index contributed by atoms with van der Waals surface area (Å²) in [5, 5.41) is 4.85. The van der Waals surface area contributed by atoms with Gasteiger partial charge in [-0.1, -0.05) is 23.2 Å². The summed E-state index contributed by atoms with van der Waals surface area (Å²) in [7, 11) is 0. The van der Waals surface area contributed by atoms with Crippen LogP contribution < -0.4 is 10.6 Å². The standard InChI is InChI=1S/C12H11Cl2N3O3S/c13-7-4-6(8(14)21-7)9(18)17-3-1-2-12(5-17)10(19)15-11(20)16-12/h4H,1-3,5H2,(H2,15,16,19,20). The molecule has 6 nitrogen and oxygen atoms in total. The van der Waals surface area contributed by atoms with E-state index in [-0.39, 0.29) is 18.4 Å². The molecule has 9 heteroatoms. The zero-order valence-corrected chi connectivity index (χ0v) is 13.1. The van der Waals surface area contributed by atoms with Crippen LogP contribution in [0.4, 0.5) is 4.79 Å². The first-order valence-corrected chi connectivity index (χ1v) is 7.86. The summed E-state index contributed by atoms with van der Waals surface area (Å²) >= 11 is 13.0. The molecular formula is C12H11Cl2N3O3S. The highest BCUT2D eigenvalue weighted by atomic mass is 35.5. The predicted octanol–water partition coefficient (Wildman–Crippen LogP) is 1.87. The molecule has 1 aromatic heterocycles. The third kappa shape index (κ3) is 2.49. The smallest absolute Gasteiger partial charge is 0.322 e. The van der Waals surface area contributed by atoms with Crippen molar-refractivity contribution >= 4 is 52.4 Å². The van der Waals surface area contributed by atoms with Gasteiger partial charge in [0.2, 0.25) is 0 Å². The minimum Gasteiger partial charge on any atom is -0.336 e. The fraction of sp³-hybridized carbons (Fsp3) is 0.417. The van der Waals surface area contributed by atoms with Gasteiger partial charge < -0.3 is 10.2 Å². The molecule has 1 aromatic rings. The van der Waals surface area contributed by atoms with E-state index in [4.69, 9.17) is 23.2 Å². The molecule has 0 bridgehead atoms. The maximum absolute atomic E-state index is 12.5. The van der Waals surface area contributed by atoms with Crippen molar-refractivity contribution in [1.29, 1.82) is 0 Å². The number of carbonyl (C=O) groups excluding carboxylic acids is 3. The van der Waals surface area contributed by atoms with Gasteiger partial charge in [0, 0.05) is 6.54 Å². The highest BCUT2D eigenvalue weighted by molar-refractivity contribution is 7.20. The van der Waals surface area contributed by atoms with Crippen LogP contribution >= 0.6 is 34.5 Å². The average molecular weight is 348 g/mol. The highest BCUT2D eigenvalue weighted by Crippen LogP contribution is 2.33. The maximum atomic E-state index is 12.5. The van der Waals surface area contributed by atoms with Crippen molar-refractivity contribution in [3.8, 4) is 0 Å². The summed E-state index contributed by atoms with van der Waals surface area (Å²) in [6.45, 7) is 0.640. The van der Waals surface area contributed by atoms with E-state index in [0.717, 1.165) is 11.3 Å². The Balaban J connectivity index is 1.83. The van der Waals surface area contributed by atoms with Gasteiger partial charge in [0.15, 0.2) is 0 Å². The van der Waals surface area contributed by atoms with Crippen LogP contribution in [0.5, 0.6) is 0 Å². The molecule has 1 spiro atoms. The number of nitrogens with one attached hydrogen (secondary N) is 2. The molecular weight excluding hydrogens is 337 g/mol. The van der Waals surface area contributed by atoms with E-state index < -0.39 is 11.6 Å². The second-order valence-electron chi connectivity index (χ2n) is 5.06. The molecule has 0 saturated carbocycles. The SMILES string of the molecule is O=C1NC(=O)C2(CCCN(C(=O)c3cc(Cl)sc3Cl)C2)N1. The van der Waals surface area contributed by atoms with Crippen LogP contribution in [0.25, 0.3) is 0 Å². The molecule has 2 aliphatic rings. The molecule has 1 unspecified atom stereocenters. The van der Waals surface area contributed by atoms with E-state index >= 15 is 0 Å². The zero-order valence-electron chi connectivity index (χ0n) is 10.7. The van der Waals surface area contributed by atoms with Gasteiger partial charge in [0.25, 0.3) is 11.8 Å². The van der Waals surface area contributed by atoms with Gasteiger partial charge in [0.1, 0.15) is 9.88 Å². The molecule has 2 saturated heterocycles. The Kier molecular flexibility index (Phi) is 3.59. The number of hydrogen-bond donors (Lipinski definition) is 2. The summed E-state index contributed by atoms with van der Waals surface area (Å²) in [4.78, 5) is 37.3. The first-order chi connectivity index (χ1) is 9.91. The van der Waals surface area contributed by atoms with Gasteiger partial charge in [-0.05, 0) is 18.9 Å². The van der Waals surface area contributed by atoms with Crippen LogP contribution in [0.1, 0.15) is 23.2 Å². The zero-order chi connectivity index (χ0) is 15.2. The van der Waals surface area contributed by atoms with Crippen molar-refractivity contribution in [3.05, 3.63) is 20.3 Å². The summed E-state index contributed by atoms with van der Waals surface area (Å²) in [5.74, 6) is -0.671. The van der Waals surface area contributed by atoms with Crippen molar-refractivity contribution < 1.29 is 14.4 Å². The monoisotopic (exact) mass is 347 g/mol. The minimum absolute atomic E-state index is 0.132. The van der Waals surface area contributed by atoms with Crippen LogP contribution in [0, 0.1) is 0 Å². The quantitative estimate of drug-likeness (QED) is 0.761. The number of piperidine rings is 1. The molecule has 0 radical (unpaired) electrons. The Hall–Kier alpha value is -1.31. The molecule has 2 aliphatic heterocycles. The molecule has 21 heavy (non-hydrogen) atoms. The summed E-state index contributed by atoms with van der Waals surface area (Å²) in [6, 6.07) is 0.997. The Labute approximate surface area is 134 Å². The van der Waals surface area contributed by atoms with E-state index in [1.807, 2.05) is 0 Å². The predicted molar refractivity (Wildman–Crippen MR) is 78.9 cm³/mol. The van der Waals surface area contributed by atoms with E-state index in [2.05, 4.69) is 10.6 Å². The van der Waals surface area contributed by atoms with Gasteiger partial charge in [-0.3, -0.25) is 14.9 Å². The summed E-state index contributed by atoms with van der Waals surface area (Å²) in [6.07, 6.45) is 1.13. The number of likely N-dealkylation sites (tertiary alicyclic amines) is 1. The van der Waals surface area contributed by atoms with E-state index in [1.54, 1.807) is 0 Å². The lowest BCUT2D eigenvalue weighted by Gasteiger charge is -2.37. The molecule has 0 aromatic carbocycles. The second kappa shape index (κ2) is 5.15. The second-order valence-corrected chi connectivity index (χ2v) is 7.34. The van der Waals surface area contributed by atoms with Gasteiger partial charge in [-0.15, -0.1) is 11.3 Å². The number of thiophene rings is 1. The largest absolute Gasteiger partial charge is 0.336 e. The fourth-order valence-corrected chi connectivity index (χ4v) is 4.15. The number of amides is 4. The number of carbonyl (C=O) groups is 3. The Morgan fingerprint density at radius 1 is 1.38 bits per heavy atom. The molecule has 4 amide bonds. The fourth-order valence-electron chi connectivity index (χ4n) is 2.70. The van der Waals surface area contributed by atoms with Crippen molar-refractivity contribution in [2.75, 3.05) is 13.1 Å². The third-order valence-electron chi connectivity index (χ3n) is 3.68. The molecule has 112 valence electrons. The minimum atomic E-state index is -1.03. The lowest BCUT2D eigenvalue weighted by molar-refractivity contribution is -0.125. The molecule has 3 rings (SSSR count). The van der Waals surface area contributed by atoms with Crippen LogP contribution in [-0.2, 0) is 4.79 Å². The first kappa shape index (κ1) is 14.6. The van der Waals surface area contributed by atoms with Crippen molar-refractivity contribution in [2.45, 2.75) is 18.4 Å². The molecule has 2 fully saturated rings. The van der Waals surface area contributed by atoms with Gasteiger partial charge in [-0.2, -0.15) is 0 Å². The summed E-state index contributed by atoms with van der Waals surface area (Å²) < 4.78 is 0.756. The number of hydrogen-bond acceptors (Lipinski definition) is 4. The Morgan fingerprint density at radius 2 is 2.14 bits per heavy atom. The molecule has 2 N–H and O–H groups in total. The average Bonchev–Trinajstić information content (AvgIpc) is 2.89. The third-order valence-corrected chi connectivity index (χ3v) is 5.17. The van der Waals surface area contributed by atoms with Crippen molar-refractivity contribution in [2.24, 2.45) is 0 Å². The van der Waals surface area contributed by atoms with Crippen molar-refractivity contribution in [1.82, 2.24) is 15.5 Å². The Bertz CT molecular complexity index is 648. The van der Waals surface area contributed by atoms with Gasteiger partial charge in [-0.25, -0.2) is 4.79 Å². The number of halogens is 2. The number of imide groups is 1. The van der Waals surface area contributed by atoms with Crippen molar-refractivity contribution in [3.63, 3.8) is 0 Å². The van der Waals surface area contributed by atoms with E-state index in [0.29, 0.717) is 33.6 Å². The lowest BCUT2D eigenvalue weighted by atomic mass is 9.89. The highest BCUT2D eigenvalue weighted by Gasteiger charge is 2.49. The normalized spacial score (nSPS) is 25.1. The van der Waals surface area contributed by atoms with Crippen LogP contribution in [0.3, 0.4) is 0 Å². The maximum Gasteiger partial charge on any atom is 0.322 e. The molecule has 3 heterocycles. The summed E-state index contributed by atoms with van der Waals surface area (Å²) in [5.41, 5.74) is -0.703. The van der Waals surface area contributed by atoms with Crippen LogP contribution in [-0.4, -0.2) is 41.4 Å². The van der Waals surface area contributed by atoms with Gasteiger partial charge in [0.05, 0.1) is 16.4 Å². The number of urea groups is 1. The van der Waals surface area contributed by atoms with E-state index in [9.17, 15) is 14.4 Å². The Morgan fingerprint density at radius 3 is 2.71 bits per heavy atom. The first-order valence-electron chi connectivity index (χ1n) is 6.29.